The minimum Gasteiger partial charge on any atom is -0.481 e. The van der Waals surface area contributed by atoms with E-state index in [9.17, 15) is 9.59 Å². The number of halogens is 3. The summed E-state index contributed by atoms with van der Waals surface area (Å²) in [5.41, 5.74) is 5.35. The lowest BCUT2D eigenvalue weighted by atomic mass is 10.1. The molecule has 0 saturated carbocycles. The molecule has 0 heterocycles. The minimum absolute atomic E-state index is 0.0536. The van der Waals surface area contributed by atoms with Gasteiger partial charge in [-0.25, -0.2) is 0 Å². The van der Waals surface area contributed by atoms with Crippen molar-refractivity contribution in [2.24, 2.45) is 0 Å². The maximum Gasteiger partial charge on any atom is 0.279 e. The maximum absolute atomic E-state index is 12.0. The Kier molecular flexibility index (Phi) is 7.11. The van der Waals surface area contributed by atoms with E-state index in [0.717, 1.165) is 4.47 Å². The van der Waals surface area contributed by atoms with Crippen LogP contribution in [0.25, 0.3) is 0 Å². The van der Waals surface area contributed by atoms with Gasteiger partial charge >= 0.3 is 0 Å². The van der Waals surface area contributed by atoms with Gasteiger partial charge in [-0.15, -0.1) is 0 Å². The average molecular weight is 446 g/mol. The summed E-state index contributed by atoms with van der Waals surface area (Å²) in [7, 11) is 0. The van der Waals surface area contributed by atoms with E-state index in [1.165, 1.54) is 0 Å². The summed E-state index contributed by atoms with van der Waals surface area (Å²) in [5, 5.41) is 0.782. The maximum atomic E-state index is 12.0. The van der Waals surface area contributed by atoms with Crippen LogP contribution in [0.4, 0.5) is 0 Å². The van der Waals surface area contributed by atoms with Gasteiger partial charge in [0.1, 0.15) is 5.75 Å². The molecule has 0 aliphatic carbocycles. The molecule has 0 aromatic heterocycles. The van der Waals surface area contributed by atoms with Crippen molar-refractivity contribution in [2.45, 2.75) is 19.4 Å². The van der Waals surface area contributed by atoms with Gasteiger partial charge in [0.15, 0.2) is 6.10 Å². The third kappa shape index (κ3) is 6.23. The molecule has 2 N–H and O–H groups in total. The topological polar surface area (TPSA) is 67.4 Å². The molecule has 5 nitrogen and oxygen atoms in total. The zero-order valence-electron chi connectivity index (χ0n) is 13.2. The van der Waals surface area contributed by atoms with Crippen molar-refractivity contribution in [1.29, 1.82) is 0 Å². The number of carbonyl (C=O) groups excluding carboxylic acids is 2. The summed E-state index contributed by atoms with van der Waals surface area (Å²) in [6.45, 7) is 1.58. The van der Waals surface area contributed by atoms with Crippen molar-refractivity contribution in [1.82, 2.24) is 10.9 Å². The van der Waals surface area contributed by atoms with E-state index in [0.29, 0.717) is 21.4 Å². The van der Waals surface area contributed by atoms with E-state index in [-0.39, 0.29) is 12.3 Å². The number of benzene rings is 2. The van der Waals surface area contributed by atoms with Gasteiger partial charge in [-0.1, -0.05) is 51.3 Å². The van der Waals surface area contributed by atoms with Crippen LogP contribution in [0.5, 0.6) is 5.75 Å². The first-order valence-electron chi connectivity index (χ1n) is 7.30. The van der Waals surface area contributed by atoms with Crippen molar-refractivity contribution in [2.75, 3.05) is 0 Å². The summed E-state index contributed by atoms with van der Waals surface area (Å²) < 4.78 is 6.35. The lowest BCUT2D eigenvalue weighted by Gasteiger charge is -2.15. The first kappa shape index (κ1) is 19.6. The molecule has 8 heteroatoms. The summed E-state index contributed by atoms with van der Waals surface area (Å²) in [6, 6.07) is 12.0. The number of ether oxygens (including phenoxy) is 1. The molecular weight excluding hydrogens is 431 g/mol. The molecule has 2 rings (SSSR count). The first-order valence-corrected chi connectivity index (χ1v) is 8.85. The second-order valence-electron chi connectivity index (χ2n) is 5.18. The number of hydrazine groups is 1. The molecule has 25 heavy (non-hydrogen) atoms. The summed E-state index contributed by atoms with van der Waals surface area (Å²) in [5.74, 6) is -0.317. The molecule has 0 spiro atoms. The normalized spacial score (nSPS) is 11.5. The first-order chi connectivity index (χ1) is 11.8. The number of hydrogen-bond acceptors (Lipinski definition) is 3. The third-order valence-corrected chi connectivity index (χ3v) is 4.38. The molecule has 2 aromatic carbocycles. The SMILES string of the molecule is CC(Oc1cccc(Br)c1)C(=O)NNC(=O)Cc1ccc(Cl)c(Cl)c1. The number of amides is 2. The van der Waals surface area contributed by atoms with Gasteiger partial charge < -0.3 is 4.74 Å². The van der Waals surface area contributed by atoms with Crippen LogP contribution in [-0.4, -0.2) is 17.9 Å². The number of carbonyl (C=O) groups is 2. The van der Waals surface area contributed by atoms with E-state index in [1.807, 2.05) is 6.07 Å². The van der Waals surface area contributed by atoms with Crippen LogP contribution in [0.15, 0.2) is 46.9 Å². The summed E-state index contributed by atoms with van der Waals surface area (Å²) in [6.07, 6.45) is -0.725. The highest BCUT2D eigenvalue weighted by Gasteiger charge is 2.15. The minimum atomic E-state index is -0.778. The summed E-state index contributed by atoms with van der Waals surface area (Å²) >= 11 is 15.1. The summed E-state index contributed by atoms with van der Waals surface area (Å²) in [4.78, 5) is 23.9. The van der Waals surface area contributed by atoms with Gasteiger partial charge in [-0.3, -0.25) is 20.4 Å². The Labute approximate surface area is 163 Å². The Morgan fingerprint density at radius 2 is 1.88 bits per heavy atom. The van der Waals surface area contributed by atoms with Gasteiger partial charge in [0.25, 0.3) is 5.91 Å². The molecule has 0 fully saturated rings. The molecule has 1 atom stereocenters. The molecule has 0 aliphatic rings. The van der Waals surface area contributed by atoms with Crippen molar-refractivity contribution < 1.29 is 14.3 Å². The van der Waals surface area contributed by atoms with Gasteiger partial charge in [0.05, 0.1) is 16.5 Å². The van der Waals surface area contributed by atoms with E-state index >= 15 is 0 Å². The fraction of sp³-hybridized carbons (Fsp3) is 0.176. The molecular formula is C17H15BrCl2N2O3. The molecule has 0 saturated heterocycles. The van der Waals surface area contributed by atoms with Crippen molar-refractivity contribution >= 4 is 50.9 Å². The largest absolute Gasteiger partial charge is 0.481 e. The van der Waals surface area contributed by atoms with Gasteiger partial charge in [-0.05, 0) is 42.8 Å². The Balaban J connectivity index is 1.82. The van der Waals surface area contributed by atoms with Crippen molar-refractivity contribution in [3.8, 4) is 5.75 Å². The van der Waals surface area contributed by atoms with Crippen LogP contribution in [0.1, 0.15) is 12.5 Å². The second-order valence-corrected chi connectivity index (χ2v) is 6.91. The Morgan fingerprint density at radius 1 is 1.12 bits per heavy atom. The molecule has 0 radical (unpaired) electrons. The molecule has 0 aliphatic heterocycles. The van der Waals surface area contributed by atoms with Crippen molar-refractivity contribution in [3.63, 3.8) is 0 Å². The highest BCUT2D eigenvalue weighted by atomic mass is 79.9. The number of nitrogens with one attached hydrogen (secondary N) is 2. The Bertz CT molecular complexity index is 786. The van der Waals surface area contributed by atoms with Crippen LogP contribution in [0, 0.1) is 0 Å². The monoisotopic (exact) mass is 444 g/mol. The van der Waals surface area contributed by atoms with E-state index in [2.05, 4.69) is 26.8 Å². The number of rotatable bonds is 5. The second kappa shape index (κ2) is 9.08. The molecule has 2 amide bonds. The number of hydrogen-bond donors (Lipinski definition) is 2. The van der Waals surface area contributed by atoms with Gasteiger partial charge in [0.2, 0.25) is 5.91 Å². The third-order valence-electron chi connectivity index (χ3n) is 3.15. The van der Waals surface area contributed by atoms with Crippen LogP contribution < -0.4 is 15.6 Å². The van der Waals surface area contributed by atoms with E-state index < -0.39 is 12.0 Å². The fourth-order valence-electron chi connectivity index (χ4n) is 1.91. The molecule has 0 bridgehead atoms. The Morgan fingerprint density at radius 3 is 2.56 bits per heavy atom. The lowest BCUT2D eigenvalue weighted by molar-refractivity contribution is -0.132. The highest BCUT2D eigenvalue weighted by molar-refractivity contribution is 9.10. The van der Waals surface area contributed by atoms with Crippen LogP contribution in [-0.2, 0) is 16.0 Å². The van der Waals surface area contributed by atoms with Crippen LogP contribution in [0.3, 0.4) is 0 Å². The molecule has 132 valence electrons. The smallest absolute Gasteiger partial charge is 0.279 e. The fourth-order valence-corrected chi connectivity index (χ4v) is 2.61. The standard InChI is InChI=1S/C17H15BrCl2N2O3/c1-10(25-13-4-2-3-12(18)9-13)17(24)22-21-16(23)8-11-5-6-14(19)15(20)7-11/h2-7,9-10H,8H2,1H3,(H,21,23)(H,22,24). The van der Waals surface area contributed by atoms with Crippen molar-refractivity contribution in [3.05, 3.63) is 62.5 Å². The van der Waals surface area contributed by atoms with Crippen LogP contribution in [0.2, 0.25) is 10.0 Å². The van der Waals surface area contributed by atoms with E-state index in [1.54, 1.807) is 43.3 Å². The van der Waals surface area contributed by atoms with Gasteiger partial charge in [-0.2, -0.15) is 0 Å². The quantitative estimate of drug-likeness (QED) is 0.685. The Hall–Kier alpha value is -1.76. The predicted molar refractivity (Wildman–Crippen MR) is 101 cm³/mol. The van der Waals surface area contributed by atoms with Crippen LogP contribution >= 0.6 is 39.1 Å². The average Bonchev–Trinajstić information content (AvgIpc) is 2.56. The highest BCUT2D eigenvalue weighted by Crippen LogP contribution is 2.22. The predicted octanol–water partition coefficient (Wildman–Crippen LogP) is 3.91. The molecule has 2 aromatic rings. The zero-order valence-corrected chi connectivity index (χ0v) is 16.3. The van der Waals surface area contributed by atoms with Gasteiger partial charge in [0, 0.05) is 4.47 Å². The van der Waals surface area contributed by atoms with E-state index in [4.69, 9.17) is 27.9 Å². The lowest BCUT2D eigenvalue weighted by Crippen LogP contribution is -2.47. The zero-order chi connectivity index (χ0) is 18.4. The molecule has 1 unspecified atom stereocenters.